The fourth-order valence-corrected chi connectivity index (χ4v) is 4.67. The molecule has 0 nitrogen and oxygen atoms in total. The molecule has 0 unspecified atom stereocenters. The molecule has 0 atom stereocenters. The van der Waals surface area contributed by atoms with Gasteiger partial charge in [-0.2, -0.15) is 0 Å². The first-order valence-corrected chi connectivity index (χ1v) is 8.21. The van der Waals surface area contributed by atoms with E-state index in [0.29, 0.717) is 0 Å². The summed E-state index contributed by atoms with van der Waals surface area (Å²) in [7, 11) is 3.72. The lowest BCUT2D eigenvalue weighted by molar-refractivity contribution is 1.22. The molecule has 0 radical (unpaired) electrons. The molecule has 0 saturated heterocycles. The van der Waals surface area contributed by atoms with Crippen molar-refractivity contribution in [3.63, 3.8) is 0 Å². The van der Waals surface area contributed by atoms with Crippen LogP contribution in [0.3, 0.4) is 0 Å². The lowest BCUT2D eigenvalue weighted by Crippen LogP contribution is -1.83. The van der Waals surface area contributed by atoms with Gasteiger partial charge in [-0.05, 0) is 50.5 Å². The minimum absolute atomic E-state index is 1.33. The van der Waals surface area contributed by atoms with E-state index in [4.69, 9.17) is 0 Å². The normalized spacial score (nSPS) is 10.7. The van der Waals surface area contributed by atoms with Crippen molar-refractivity contribution in [3.05, 3.63) is 58.7 Å². The van der Waals surface area contributed by atoms with Crippen LogP contribution in [0.4, 0.5) is 0 Å². The van der Waals surface area contributed by atoms with Crippen LogP contribution in [-0.4, -0.2) is 0 Å². The Bertz CT molecular complexity index is 539. The van der Waals surface area contributed by atoms with E-state index in [9.17, 15) is 0 Å². The van der Waals surface area contributed by atoms with Gasteiger partial charge in [-0.1, -0.05) is 57.5 Å². The van der Waals surface area contributed by atoms with E-state index in [-0.39, 0.29) is 0 Å². The van der Waals surface area contributed by atoms with Gasteiger partial charge in [0.25, 0.3) is 0 Å². The van der Waals surface area contributed by atoms with Gasteiger partial charge in [-0.3, -0.25) is 0 Å². The molecule has 0 fully saturated rings. The van der Waals surface area contributed by atoms with Gasteiger partial charge in [0.15, 0.2) is 0 Å². The van der Waals surface area contributed by atoms with Gasteiger partial charge in [0.05, 0.1) is 0 Å². The lowest BCUT2D eigenvalue weighted by Gasteiger charge is -2.10. The quantitative estimate of drug-likeness (QED) is 0.656. The Morgan fingerprint density at radius 2 is 1.39 bits per heavy atom. The summed E-state index contributed by atoms with van der Waals surface area (Å²) in [5, 5.41) is 0. The lowest BCUT2D eigenvalue weighted by atomic mass is 10.2. The van der Waals surface area contributed by atoms with Crippen LogP contribution in [0.15, 0.2) is 46.2 Å². The first-order chi connectivity index (χ1) is 8.58. The molecule has 0 aliphatic heterocycles. The Labute approximate surface area is 118 Å². The Kier molecular flexibility index (Phi) is 4.41. The van der Waals surface area contributed by atoms with Gasteiger partial charge < -0.3 is 0 Å². The monoisotopic (exact) mass is 274 g/mol. The molecule has 0 bridgehead atoms. The SMILES string of the molecule is Cc1ccc(SSc2c(C)cccc2C)c(C)c1. The summed E-state index contributed by atoms with van der Waals surface area (Å²) in [4.78, 5) is 2.75. The van der Waals surface area contributed by atoms with Crippen molar-refractivity contribution < 1.29 is 0 Å². The Hall–Kier alpha value is -0.860. The predicted octanol–water partition coefficient (Wildman–Crippen LogP) is 5.72. The third-order valence-corrected chi connectivity index (χ3v) is 5.77. The molecule has 0 aliphatic carbocycles. The third kappa shape index (κ3) is 3.12. The minimum Gasteiger partial charge on any atom is -0.0617 e. The Morgan fingerprint density at radius 1 is 0.722 bits per heavy atom. The summed E-state index contributed by atoms with van der Waals surface area (Å²) in [6.07, 6.45) is 0. The van der Waals surface area contributed by atoms with Crippen molar-refractivity contribution >= 4 is 21.6 Å². The maximum absolute atomic E-state index is 2.24. The zero-order valence-electron chi connectivity index (χ0n) is 11.3. The van der Waals surface area contributed by atoms with E-state index >= 15 is 0 Å². The van der Waals surface area contributed by atoms with Crippen LogP contribution in [0.2, 0.25) is 0 Å². The second-order valence-corrected chi connectivity index (χ2v) is 6.84. The highest BCUT2D eigenvalue weighted by atomic mass is 33.1. The maximum Gasteiger partial charge on any atom is 0.0244 e. The number of benzene rings is 2. The molecule has 18 heavy (non-hydrogen) atoms. The molecule has 0 N–H and O–H groups in total. The highest BCUT2D eigenvalue weighted by Gasteiger charge is 2.06. The molecule has 0 aromatic heterocycles. The third-order valence-electron chi connectivity index (χ3n) is 2.95. The van der Waals surface area contributed by atoms with Crippen molar-refractivity contribution in [2.75, 3.05) is 0 Å². The van der Waals surface area contributed by atoms with Crippen LogP contribution >= 0.6 is 21.6 Å². The van der Waals surface area contributed by atoms with E-state index in [0.717, 1.165) is 0 Å². The summed E-state index contributed by atoms with van der Waals surface area (Å²) < 4.78 is 0. The number of aryl methyl sites for hydroxylation is 4. The van der Waals surface area contributed by atoms with Crippen LogP contribution in [0.1, 0.15) is 22.3 Å². The molecule has 0 saturated carbocycles. The first kappa shape index (κ1) is 13.6. The van der Waals surface area contributed by atoms with E-state index in [2.05, 4.69) is 64.1 Å². The van der Waals surface area contributed by atoms with Crippen LogP contribution in [-0.2, 0) is 0 Å². The molecular weight excluding hydrogens is 256 g/mol. The second-order valence-electron chi connectivity index (χ2n) is 4.66. The minimum atomic E-state index is 1.33. The average Bonchev–Trinajstić information content (AvgIpc) is 2.31. The molecular formula is C16H18S2. The van der Waals surface area contributed by atoms with Crippen molar-refractivity contribution in [3.8, 4) is 0 Å². The highest BCUT2D eigenvalue weighted by molar-refractivity contribution is 8.76. The van der Waals surface area contributed by atoms with Gasteiger partial charge in [-0.15, -0.1) is 0 Å². The molecule has 0 aliphatic rings. The Morgan fingerprint density at radius 3 is 2.00 bits per heavy atom. The predicted molar refractivity (Wildman–Crippen MR) is 83.5 cm³/mol. The molecule has 2 aromatic carbocycles. The van der Waals surface area contributed by atoms with Gasteiger partial charge in [0.2, 0.25) is 0 Å². The van der Waals surface area contributed by atoms with Gasteiger partial charge in [-0.25, -0.2) is 0 Å². The van der Waals surface area contributed by atoms with Crippen LogP contribution < -0.4 is 0 Å². The second kappa shape index (κ2) is 5.85. The molecule has 94 valence electrons. The zero-order valence-corrected chi connectivity index (χ0v) is 12.9. The van der Waals surface area contributed by atoms with Crippen molar-refractivity contribution in [2.24, 2.45) is 0 Å². The summed E-state index contributed by atoms with van der Waals surface area (Å²) >= 11 is 0. The fraction of sp³-hybridized carbons (Fsp3) is 0.250. The van der Waals surface area contributed by atoms with E-state index < -0.39 is 0 Å². The van der Waals surface area contributed by atoms with Crippen LogP contribution in [0.25, 0.3) is 0 Å². The number of hydrogen-bond donors (Lipinski definition) is 0. The fourth-order valence-electron chi connectivity index (χ4n) is 1.91. The largest absolute Gasteiger partial charge is 0.0617 e. The van der Waals surface area contributed by atoms with Crippen LogP contribution in [0.5, 0.6) is 0 Å². The zero-order chi connectivity index (χ0) is 13.1. The molecule has 2 heteroatoms. The van der Waals surface area contributed by atoms with E-state index in [1.165, 1.54) is 32.0 Å². The topological polar surface area (TPSA) is 0 Å². The number of hydrogen-bond acceptors (Lipinski definition) is 2. The van der Waals surface area contributed by atoms with Crippen LogP contribution in [0, 0.1) is 27.7 Å². The van der Waals surface area contributed by atoms with Crippen molar-refractivity contribution in [1.82, 2.24) is 0 Å². The van der Waals surface area contributed by atoms with Gasteiger partial charge in [0.1, 0.15) is 0 Å². The standard InChI is InChI=1S/C16H18S2/c1-11-8-9-15(14(4)10-11)17-18-16-12(2)6-5-7-13(16)3/h5-10H,1-4H3. The smallest absolute Gasteiger partial charge is 0.0244 e. The molecule has 0 amide bonds. The highest BCUT2D eigenvalue weighted by Crippen LogP contribution is 2.41. The summed E-state index contributed by atoms with van der Waals surface area (Å²) in [5.41, 5.74) is 5.40. The molecule has 0 heterocycles. The molecule has 2 aromatic rings. The molecule has 0 spiro atoms. The average molecular weight is 274 g/mol. The van der Waals surface area contributed by atoms with E-state index in [1.54, 1.807) is 0 Å². The first-order valence-electron chi connectivity index (χ1n) is 6.06. The number of rotatable bonds is 3. The van der Waals surface area contributed by atoms with Gasteiger partial charge in [0, 0.05) is 9.79 Å². The van der Waals surface area contributed by atoms with Crippen molar-refractivity contribution in [1.29, 1.82) is 0 Å². The summed E-state index contributed by atoms with van der Waals surface area (Å²) in [6, 6.07) is 13.1. The molecule has 2 rings (SSSR count). The maximum atomic E-state index is 2.24. The van der Waals surface area contributed by atoms with Crippen molar-refractivity contribution in [2.45, 2.75) is 37.5 Å². The summed E-state index contributed by atoms with van der Waals surface area (Å²) in [6.45, 7) is 8.68. The van der Waals surface area contributed by atoms with E-state index in [1.807, 2.05) is 21.6 Å². The van der Waals surface area contributed by atoms with Gasteiger partial charge >= 0.3 is 0 Å². The Balaban J connectivity index is 2.16. The summed E-state index contributed by atoms with van der Waals surface area (Å²) in [5.74, 6) is 0.